The smallest absolute Gasteiger partial charge is 0.0654 e. The SMILES string of the molecule is CCCCCCCC[S+](C)CCCCCCCC. The molecule has 0 bridgehead atoms. The molecule has 0 radical (unpaired) electrons. The van der Waals surface area contributed by atoms with Crippen LogP contribution in [0.4, 0.5) is 0 Å². The van der Waals surface area contributed by atoms with E-state index in [1.54, 1.807) is 0 Å². The summed E-state index contributed by atoms with van der Waals surface area (Å²) in [6.07, 6.45) is 19.9. The summed E-state index contributed by atoms with van der Waals surface area (Å²) in [5, 5.41) is 0. The highest BCUT2D eigenvalue weighted by atomic mass is 32.2. The van der Waals surface area contributed by atoms with Crippen LogP contribution in [0.1, 0.15) is 90.9 Å². The van der Waals surface area contributed by atoms with Crippen LogP contribution in [0.2, 0.25) is 0 Å². The first-order valence-corrected chi connectivity index (χ1v) is 10.4. The van der Waals surface area contributed by atoms with E-state index in [0.717, 1.165) is 0 Å². The molecule has 0 spiro atoms. The molecule has 0 aromatic rings. The third-order valence-electron chi connectivity index (χ3n) is 3.69. The Labute approximate surface area is 120 Å². The fourth-order valence-electron chi connectivity index (χ4n) is 2.36. The van der Waals surface area contributed by atoms with Gasteiger partial charge in [-0.3, -0.25) is 0 Å². The molecule has 0 aliphatic heterocycles. The van der Waals surface area contributed by atoms with Crippen LogP contribution in [-0.4, -0.2) is 17.8 Å². The van der Waals surface area contributed by atoms with Crippen LogP contribution in [0.5, 0.6) is 0 Å². The average Bonchev–Trinajstić information content (AvgIpc) is 2.38. The summed E-state index contributed by atoms with van der Waals surface area (Å²) in [6.45, 7) is 4.59. The average molecular weight is 274 g/mol. The molecule has 0 aromatic heterocycles. The number of hydrogen-bond donors (Lipinski definition) is 0. The van der Waals surface area contributed by atoms with Gasteiger partial charge in [0, 0.05) is 0 Å². The van der Waals surface area contributed by atoms with Gasteiger partial charge in [0.1, 0.15) is 11.5 Å². The first kappa shape index (κ1) is 18.4. The molecule has 0 atom stereocenters. The summed E-state index contributed by atoms with van der Waals surface area (Å²) in [7, 11) is 0.716. The lowest BCUT2D eigenvalue weighted by molar-refractivity contribution is 0.623. The van der Waals surface area contributed by atoms with E-state index in [4.69, 9.17) is 0 Å². The molecule has 110 valence electrons. The zero-order valence-electron chi connectivity index (χ0n) is 13.3. The first-order valence-electron chi connectivity index (χ1n) is 8.40. The van der Waals surface area contributed by atoms with Gasteiger partial charge in [0.2, 0.25) is 0 Å². The Bertz CT molecular complexity index is 129. The highest BCUT2D eigenvalue weighted by Crippen LogP contribution is 2.10. The molecule has 1 heteroatoms. The molecule has 0 saturated heterocycles. The Morgan fingerprint density at radius 2 is 0.833 bits per heavy atom. The van der Waals surface area contributed by atoms with Crippen LogP contribution in [-0.2, 0) is 10.9 Å². The van der Waals surface area contributed by atoms with Gasteiger partial charge >= 0.3 is 0 Å². The standard InChI is InChI=1S/C17H37S/c1-4-6-8-10-12-14-16-18(3)17-15-13-11-9-7-5-2/h4-17H2,1-3H3/q+1. The molecular formula is C17H37S+. The van der Waals surface area contributed by atoms with E-state index < -0.39 is 0 Å². The molecule has 0 N–H and O–H groups in total. The fraction of sp³-hybridized carbons (Fsp3) is 1.00. The molecule has 18 heavy (non-hydrogen) atoms. The maximum Gasteiger partial charge on any atom is 0.107 e. The van der Waals surface area contributed by atoms with Crippen LogP contribution >= 0.6 is 0 Å². The lowest BCUT2D eigenvalue weighted by Gasteiger charge is -2.04. The van der Waals surface area contributed by atoms with E-state index >= 15 is 0 Å². The Morgan fingerprint density at radius 3 is 1.22 bits per heavy atom. The topological polar surface area (TPSA) is 0 Å². The van der Waals surface area contributed by atoms with Crippen LogP contribution in [0.3, 0.4) is 0 Å². The number of rotatable bonds is 14. The minimum absolute atomic E-state index is 0.716. The normalized spacial score (nSPS) is 11.3. The second-order valence-electron chi connectivity index (χ2n) is 5.73. The predicted octanol–water partition coefficient (Wildman–Crippen LogP) is 5.96. The van der Waals surface area contributed by atoms with E-state index in [1.807, 2.05) is 0 Å². The second-order valence-corrected chi connectivity index (χ2v) is 8.10. The zero-order chi connectivity index (χ0) is 13.5. The van der Waals surface area contributed by atoms with Gasteiger partial charge in [-0.25, -0.2) is 0 Å². The van der Waals surface area contributed by atoms with Crippen molar-refractivity contribution in [3.8, 4) is 0 Å². The molecule has 0 aliphatic carbocycles. The number of unbranched alkanes of at least 4 members (excludes halogenated alkanes) is 10. The summed E-state index contributed by atoms with van der Waals surface area (Å²) in [6, 6.07) is 0. The van der Waals surface area contributed by atoms with Crippen molar-refractivity contribution in [2.75, 3.05) is 17.8 Å². The van der Waals surface area contributed by atoms with E-state index in [1.165, 1.54) is 88.6 Å². The van der Waals surface area contributed by atoms with Crippen molar-refractivity contribution < 1.29 is 0 Å². The van der Waals surface area contributed by atoms with Crippen molar-refractivity contribution in [1.82, 2.24) is 0 Å². The third-order valence-corrected chi connectivity index (χ3v) is 5.66. The zero-order valence-corrected chi connectivity index (χ0v) is 14.1. The van der Waals surface area contributed by atoms with Gasteiger partial charge in [-0.05, 0) is 36.6 Å². The van der Waals surface area contributed by atoms with E-state index in [-0.39, 0.29) is 0 Å². The van der Waals surface area contributed by atoms with E-state index in [9.17, 15) is 0 Å². The summed E-state index contributed by atoms with van der Waals surface area (Å²) in [4.78, 5) is 0. The molecule has 0 fully saturated rings. The Balaban J connectivity index is 3.10. The first-order chi connectivity index (χ1) is 8.81. The molecule has 0 nitrogen and oxygen atoms in total. The highest BCUT2D eigenvalue weighted by molar-refractivity contribution is 7.96. The predicted molar refractivity (Wildman–Crippen MR) is 89.8 cm³/mol. The van der Waals surface area contributed by atoms with Crippen molar-refractivity contribution >= 4 is 10.9 Å². The maximum atomic E-state index is 2.48. The van der Waals surface area contributed by atoms with Crippen molar-refractivity contribution in [3.63, 3.8) is 0 Å². The largest absolute Gasteiger partial charge is 0.107 e. The van der Waals surface area contributed by atoms with Gasteiger partial charge in [-0.2, -0.15) is 0 Å². The molecule has 0 heterocycles. The Hall–Kier alpha value is 0.350. The lowest BCUT2D eigenvalue weighted by Crippen LogP contribution is -2.10. The summed E-state index contributed by atoms with van der Waals surface area (Å²) in [5.74, 6) is 3.00. The molecule has 0 aromatic carbocycles. The minimum Gasteiger partial charge on any atom is -0.0654 e. The van der Waals surface area contributed by atoms with Gasteiger partial charge < -0.3 is 0 Å². The molecule has 0 saturated carbocycles. The fourth-order valence-corrected chi connectivity index (χ4v) is 3.96. The summed E-state index contributed by atoms with van der Waals surface area (Å²) < 4.78 is 0. The van der Waals surface area contributed by atoms with Crippen LogP contribution in [0.25, 0.3) is 0 Å². The van der Waals surface area contributed by atoms with Gasteiger partial charge in [-0.15, -0.1) is 0 Å². The van der Waals surface area contributed by atoms with Crippen LogP contribution in [0, 0.1) is 0 Å². The van der Waals surface area contributed by atoms with E-state index in [2.05, 4.69) is 20.1 Å². The Morgan fingerprint density at radius 1 is 0.500 bits per heavy atom. The minimum atomic E-state index is 0.716. The number of hydrogen-bond acceptors (Lipinski definition) is 0. The Kier molecular flexibility index (Phi) is 15.7. The molecule has 0 amide bonds. The maximum absolute atomic E-state index is 2.48. The molecule has 0 aliphatic rings. The van der Waals surface area contributed by atoms with Crippen molar-refractivity contribution in [3.05, 3.63) is 0 Å². The van der Waals surface area contributed by atoms with Gasteiger partial charge in [0.15, 0.2) is 0 Å². The van der Waals surface area contributed by atoms with Crippen molar-refractivity contribution in [2.45, 2.75) is 90.9 Å². The van der Waals surface area contributed by atoms with Gasteiger partial charge in [-0.1, -0.05) is 65.2 Å². The van der Waals surface area contributed by atoms with Crippen molar-refractivity contribution in [1.29, 1.82) is 0 Å². The monoisotopic (exact) mass is 273 g/mol. The third kappa shape index (κ3) is 14.4. The molecular weight excluding hydrogens is 236 g/mol. The molecule has 0 unspecified atom stereocenters. The summed E-state index contributed by atoms with van der Waals surface area (Å²) >= 11 is 0. The van der Waals surface area contributed by atoms with E-state index in [0.29, 0.717) is 10.9 Å². The van der Waals surface area contributed by atoms with Gasteiger partial charge in [0.25, 0.3) is 0 Å². The molecule has 0 rings (SSSR count). The van der Waals surface area contributed by atoms with Crippen molar-refractivity contribution in [2.24, 2.45) is 0 Å². The lowest BCUT2D eigenvalue weighted by atomic mass is 10.1. The van der Waals surface area contributed by atoms with Gasteiger partial charge in [0.05, 0.1) is 6.26 Å². The highest BCUT2D eigenvalue weighted by Gasteiger charge is 2.09. The summed E-state index contributed by atoms with van der Waals surface area (Å²) in [5.41, 5.74) is 0. The quantitative estimate of drug-likeness (QED) is 0.271. The van der Waals surface area contributed by atoms with Crippen LogP contribution in [0.15, 0.2) is 0 Å². The van der Waals surface area contributed by atoms with Crippen LogP contribution < -0.4 is 0 Å². The second kappa shape index (κ2) is 15.4.